The van der Waals surface area contributed by atoms with Crippen LogP contribution in [-0.2, 0) is 9.59 Å². The van der Waals surface area contributed by atoms with E-state index >= 15 is 0 Å². The summed E-state index contributed by atoms with van der Waals surface area (Å²) in [7, 11) is 0. The third-order valence-corrected chi connectivity index (χ3v) is 1.80. The number of aliphatic hydroxyl groups is 2. The van der Waals surface area contributed by atoms with Crippen LogP contribution < -0.4 is 5.32 Å². The number of rotatable bonds is 2. The van der Waals surface area contributed by atoms with Crippen LogP contribution in [0.1, 0.15) is 0 Å². The highest BCUT2D eigenvalue weighted by Crippen LogP contribution is 2.17. The van der Waals surface area contributed by atoms with Crippen LogP contribution in [0.15, 0.2) is 0 Å². The zero-order valence-corrected chi connectivity index (χ0v) is 5.78. The Morgan fingerprint density at radius 2 is 1.45 bits per heavy atom. The lowest BCUT2D eigenvalue weighted by atomic mass is 9.97. The Kier molecular flexibility index (Phi) is 2.21. The SMILES string of the molecule is O=C1NC(=O)C(CO)C1CO. The Hall–Kier alpha value is -0.940. The highest BCUT2D eigenvalue weighted by molar-refractivity contribution is 6.05. The molecule has 5 nitrogen and oxygen atoms in total. The first-order chi connectivity index (χ1) is 5.20. The summed E-state index contributed by atoms with van der Waals surface area (Å²) in [5, 5.41) is 19.3. The van der Waals surface area contributed by atoms with E-state index in [1.54, 1.807) is 0 Å². The van der Waals surface area contributed by atoms with Gasteiger partial charge in [0.15, 0.2) is 0 Å². The Labute approximate surface area is 63.0 Å². The van der Waals surface area contributed by atoms with E-state index in [2.05, 4.69) is 0 Å². The van der Waals surface area contributed by atoms with Gasteiger partial charge in [0.05, 0.1) is 25.0 Å². The van der Waals surface area contributed by atoms with Crippen molar-refractivity contribution in [3.8, 4) is 0 Å². The van der Waals surface area contributed by atoms with Gasteiger partial charge in [-0.1, -0.05) is 0 Å². The van der Waals surface area contributed by atoms with Gasteiger partial charge in [0, 0.05) is 0 Å². The largest absolute Gasteiger partial charge is 0.396 e. The fraction of sp³-hybridized carbons (Fsp3) is 0.667. The summed E-state index contributed by atoms with van der Waals surface area (Å²) >= 11 is 0. The zero-order valence-electron chi connectivity index (χ0n) is 5.78. The molecule has 1 fully saturated rings. The van der Waals surface area contributed by atoms with E-state index in [1.807, 2.05) is 5.32 Å². The molecule has 0 bridgehead atoms. The van der Waals surface area contributed by atoms with E-state index in [-0.39, 0.29) is 0 Å². The van der Waals surface area contributed by atoms with Crippen LogP contribution >= 0.6 is 0 Å². The van der Waals surface area contributed by atoms with Gasteiger partial charge in [-0.05, 0) is 0 Å². The van der Waals surface area contributed by atoms with Crippen molar-refractivity contribution in [2.75, 3.05) is 13.2 Å². The maximum atomic E-state index is 10.8. The number of carbonyl (C=O) groups excluding carboxylic acids is 2. The minimum atomic E-state index is -0.771. The van der Waals surface area contributed by atoms with Gasteiger partial charge in [0.2, 0.25) is 11.8 Å². The van der Waals surface area contributed by atoms with Crippen molar-refractivity contribution >= 4 is 11.8 Å². The van der Waals surface area contributed by atoms with Crippen molar-refractivity contribution in [3.63, 3.8) is 0 Å². The van der Waals surface area contributed by atoms with E-state index in [0.717, 1.165) is 0 Å². The van der Waals surface area contributed by atoms with Crippen LogP contribution in [0, 0.1) is 11.8 Å². The Morgan fingerprint density at radius 3 is 1.73 bits per heavy atom. The number of nitrogens with one attached hydrogen (secondary N) is 1. The van der Waals surface area contributed by atoms with Gasteiger partial charge >= 0.3 is 0 Å². The molecule has 0 aromatic heterocycles. The molecule has 0 saturated carbocycles. The predicted octanol–water partition coefficient (Wildman–Crippen LogP) is -2.14. The van der Waals surface area contributed by atoms with Crippen LogP contribution in [0.3, 0.4) is 0 Å². The number of hydrogen-bond donors (Lipinski definition) is 3. The lowest BCUT2D eigenvalue weighted by Gasteiger charge is -2.07. The molecule has 0 aromatic rings. The fourth-order valence-corrected chi connectivity index (χ4v) is 1.09. The molecule has 0 aromatic carbocycles. The van der Waals surface area contributed by atoms with Crippen LogP contribution in [0.4, 0.5) is 0 Å². The second kappa shape index (κ2) is 2.98. The highest BCUT2D eigenvalue weighted by atomic mass is 16.3. The summed E-state index contributed by atoms with van der Waals surface area (Å²) in [5.41, 5.74) is 0. The topological polar surface area (TPSA) is 86.6 Å². The molecule has 3 N–H and O–H groups in total. The molecular weight excluding hydrogens is 150 g/mol. The van der Waals surface area contributed by atoms with E-state index in [4.69, 9.17) is 10.2 Å². The second-order valence-corrected chi connectivity index (χ2v) is 2.43. The molecule has 1 saturated heterocycles. The first-order valence-corrected chi connectivity index (χ1v) is 3.27. The van der Waals surface area contributed by atoms with Crippen LogP contribution in [0.2, 0.25) is 0 Å². The number of amides is 2. The van der Waals surface area contributed by atoms with Crippen molar-refractivity contribution in [1.29, 1.82) is 0 Å². The van der Waals surface area contributed by atoms with Crippen molar-refractivity contribution < 1.29 is 19.8 Å². The molecule has 62 valence electrons. The van der Waals surface area contributed by atoms with E-state index < -0.39 is 36.9 Å². The Balaban J connectivity index is 2.74. The van der Waals surface area contributed by atoms with Gasteiger partial charge < -0.3 is 10.2 Å². The first kappa shape index (κ1) is 8.16. The van der Waals surface area contributed by atoms with Gasteiger partial charge in [-0.3, -0.25) is 14.9 Å². The van der Waals surface area contributed by atoms with E-state index in [9.17, 15) is 9.59 Å². The fourth-order valence-electron chi connectivity index (χ4n) is 1.09. The van der Waals surface area contributed by atoms with Crippen molar-refractivity contribution in [3.05, 3.63) is 0 Å². The van der Waals surface area contributed by atoms with Crippen LogP contribution in [-0.4, -0.2) is 35.2 Å². The molecule has 2 atom stereocenters. The van der Waals surface area contributed by atoms with Crippen LogP contribution in [0.25, 0.3) is 0 Å². The molecule has 1 rings (SSSR count). The zero-order chi connectivity index (χ0) is 8.43. The van der Waals surface area contributed by atoms with Crippen molar-refractivity contribution in [1.82, 2.24) is 5.32 Å². The third-order valence-electron chi connectivity index (χ3n) is 1.80. The number of hydrogen-bond acceptors (Lipinski definition) is 4. The monoisotopic (exact) mass is 159 g/mol. The third kappa shape index (κ3) is 1.24. The van der Waals surface area contributed by atoms with Gasteiger partial charge in [-0.25, -0.2) is 0 Å². The number of carbonyl (C=O) groups is 2. The number of aliphatic hydroxyl groups excluding tert-OH is 2. The summed E-state index contributed by atoms with van der Waals surface area (Å²) in [6.07, 6.45) is 0. The van der Waals surface area contributed by atoms with E-state index in [1.165, 1.54) is 0 Å². The minimum absolute atomic E-state index is 0.400. The molecule has 1 aliphatic heterocycles. The lowest BCUT2D eigenvalue weighted by Crippen LogP contribution is -2.24. The standard InChI is InChI=1S/C6H9NO4/c8-1-3-4(2-9)6(11)7-5(3)10/h3-4,8-9H,1-2H2,(H,7,10,11). The molecule has 1 aliphatic rings. The van der Waals surface area contributed by atoms with Crippen LogP contribution in [0.5, 0.6) is 0 Å². The summed E-state index contributed by atoms with van der Waals surface area (Å²) < 4.78 is 0. The van der Waals surface area contributed by atoms with E-state index in [0.29, 0.717) is 0 Å². The molecule has 1 heterocycles. The molecule has 5 heteroatoms. The first-order valence-electron chi connectivity index (χ1n) is 3.27. The van der Waals surface area contributed by atoms with Gasteiger partial charge in [0.25, 0.3) is 0 Å². The van der Waals surface area contributed by atoms with Gasteiger partial charge in [-0.2, -0.15) is 0 Å². The average molecular weight is 159 g/mol. The maximum absolute atomic E-state index is 10.8. The highest BCUT2D eigenvalue weighted by Gasteiger charge is 2.40. The minimum Gasteiger partial charge on any atom is -0.396 e. The summed E-state index contributed by atoms with van der Waals surface area (Å²) in [6.45, 7) is -0.800. The van der Waals surface area contributed by atoms with Gasteiger partial charge in [-0.15, -0.1) is 0 Å². The van der Waals surface area contributed by atoms with Gasteiger partial charge in [0.1, 0.15) is 0 Å². The summed E-state index contributed by atoms with van der Waals surface area (Å²) in [5.74, 6) is -2.55. The molecule has 11 heavy (non-hydrogen) atoms. The maximum Gasteiger partial charge on any atom is 0.232 e. The Morgan fingerprint density at radius 1 is 1.09 bits per heavy atom. The Bertz CT molecular complexity index is 171. The molecule has 0 spiro atoms. The second-order valence-electron chi connectivity index (χ2n) is 2.43. The molecule has 2 unspecified atom stereocenters. The lowest BCUT2D eigenvalue weighted by molar-refractivity contribution is -0.126. The van der Waals surface area contributed by atoms with Crippen molar-refractivity contribution in [2.45, 2.75) is 0 Å². The molecular formula is C6H9NO4. The number of imide groups is 1. The average Bonchev–Trinajstić information content (AvgIpc) is 2.24. The summed E-state index contributed by atoms with van der Waals surface area (Å²) in [4.78, 5) is 21.6. The molecule has 0 aliphatic carbocycles. The summed E-state index contributed by atoms with van der Waals surface area (Å²) in [6, 6.07) is 0. The smallest absolute Gasteiger partial charge is 0.232 e. The molecule has 2 amide bonds. The normalized spacial score (nSPS) is 30.7. The predicted molar refractivity (Wildman–Crippen MR) is 34.3 cm³/mol. The quantitative estimate of drug-likeness (QED) is 0.401. The molecule has 0 radical (unpaired) electrons. The van der Waals surface area contributed by atoms with Crippen molar-refractivity contribution in [2.24, 2.45) is 11.8 Å².